The number of methoxy groups -OCH3 is 1. The Hall–Kier alpha value is -1.52. The van der Waals surface area contributed by atoms with Crippen LogP contribution in [-0.2, 0) is 18.6 Å². The third-order valence-electron chi connectivity index (χ3n) is 6.95. The van der Waals surface area contributed by atoms with Crippen molar-refractivity contribution in [1.82, 2.24) is 0 Å². The SMILES string of the molecule is COc1cc(B2OC(C)(C)C(C)(C)O2)c(C#N)c(B2OC(C)(C)C(C)(C)O2)c1C. The fraction of sp³-hybridized carbons (Fsp3) is 0.667. The molecular formula is C21H31B2NO5. The minimum absolute atomic E-state index is 0.445. The fourth-order valence-electron chi connectivity index (χ4n) is 3.55. The van der Waals surface area contributed by atoms with Crippen molar-refractivity contribution in [3.63, 3.8) is 0 Å². The van der Waals surface area contributed by atoms with Crippen LogP contribution in [0.2, 0.25) is 0 Å². The molecule has 0 atom stereocenters. The Morgan fingerprint density at radius 3 is 1.62 bits per heavy atom. The quantitative estimate of drug-likeness (QED) is 0.728. The molecule has 156 valence electrons. The van der Waals surface area contributed by atoms with Crippen LogP contribution in [0.4, 0.5) is 0 Å². The van der Waals surface area contributed by atoms with E-state index in [1.165, 1.54) is 0 Å². The van der Waals surface area contributed by atoms with E-state index in [1.54, 1.807) is 7.11 Å². The van der Waals surface area contributed by atoms with E-state index in [0.717, 1.165) is 5.56 Å². The van der Waals surface area contributed by atoms with Gasteiger partial charge in [-0.25, -0.2) is 0 Å². The summed E-state index contributed by atoms with van der Waals surface area (Å²) in [6, 6.07) is 4.17. The molecule has 6 nitrogen and oxygen atoms in total. The maximum atomic E-state index is 10.1. The van der Waals surface area contributed by atoms with Crippen LogP contribution in [-0.4, -0.2) is 43.8 Å². The van der Waals surface area contributed by atoms with Gasteiger partial charge in [0.15, 0.2) is 0 Å². The molecule has 2 fully saturated rings. The third kappa shape index (κ3) is 3.38. The summed E-state index contributed by atoms with van der Waals surface area (Å²) in [5.74, 6) is 0.637. The molecule has 29 heavy (non-hydrogen) atoms. The zero-order chi connectivity index (χ0) is 22.0. The summed E-state index contributed by atoms with van der Waals surface area (Å²) in [6.07, 6.45) is 0. The van der Waals surface area contributed by atoms with Crippen LogP contribution in [0.1, 0.15) is 66.5 Å². The molecule has 0 bridgehead atoms. The number of rotatable bonds is 3. The molecule has 8 heteroatoms. The molecule has 3 rings (SSSR count). The summed E-state index contributed by atoms with van der Waals surface area (Å²) in [6.45, 7) is 17.8. The monoisotopic (exact) mass is 399 g/mol. The van der Waals surface area contributed by atoms with Gasteiger partial charge < -0.3 is 23.4 Å². The molecule has 0 aliphatic carbocycles. The lowest BCUT2D eigenvalue weighted by Gasteiger charge is -2.32. The number of benzene rings is 1. The van der Waals surface area contributed by atoms with Crippen molar-refractivity contribution >= 4 is 25.2 Å². The highest BCUT2D eigenvalue weighted by atomic mass is 16.7. The summed E-state index contributed by atoms with van der Waals surface area (Å²) >= 11 is 0. The van der Waals surface area contributed by atoms with Gasteiger partial charge in [-0.1, -0.05) is 0 Å². The molecule has 0 unspecified atom stereocenters. The van der Waals surface area contributed by atoms with E-state index in [0.29, 0.717) is 22.2 Å². The van der Waals surface area contributed by atoms with Crippen molar-refractivity contribution in [3.8, 4) is 11.8 Å². The Labute approximate surface area is 175 Å². The van der Waals surface area contributed by atoms with E-state index < -0.39 is 36.6 Å². The van der Waals surface area contributed by atoms with Gasteiger partial charge in [-0.15, -0.1) is 0 Å². The summed E-state index contributed by atoms with van der Waals surface area (Å²) in [5.41, 5.74) is 0.450. The molecule has 1 aromatic carbocycles. The van der Waals surface area contributed by atoms with Crippen molar-refractivity contribution in [3.05, 3.63) is 17.2 Å². The van der Waals surface area contributed by atoms with E-state index in [-0.39, 0.29) is 0 Å². The fourth-order valence-corrected chi connectivity index (χ4v) is 3.55. The van der Waals surface area contributed by atoms with Crippen LogP contribution < -0.4 is 15.7 Å². The molecule has 2 aliphatic rings. The zero-order valence-electron chi connectivity index (χ0n) is 19.2. The van der Waals surface area contributed by atoms with E-state index >= 15 is 0 Å². The predicted molar refractivity (Wildman–Crippen MR) is 114 cm³/mol. The second kappa shape index (κ2) is 6.75. The highest BCUT2D eigenvalue weighted by molar-refractivity contribution is 6.68. The Morgan fingerprint density at radius 2 is 1.24 bits per heavy atom. The lowest BCUT2D eigenvalue weighted by molar-refractivity contribution is 0.00578. The van der Waals surface area contributed by atoms with Crippen LogP contribution in [0.25, 0.3) is 0 Å². The zero-order valence-corrected chi connectivity index (χ0v) is 19.2. The first-order chi connectivity index (χ1) is 13.2. The summed E-state index contributed by atoms with van der Waals surface area (Å²) in [5, 5.41) is 10.1. The maximum absolute atomic E-state index is 10.1. The highest BCUT2D eigenvalue weighted by Gasteiger charge is 2.55. The van der Waals surface area contributed by atoms with E-state index in [2.05, 4.69) is 6.07 Å². The molecule has 1 aromatic rings. The first-order valence-electron chi connectivity index (χ1n) is 10.00. The Morgan fingerprint density at radius 1 is 0.828 bits per heavy atom. The average Bonchev–Trinajstić information content (AvgIpc) is 2.93. The molecule has 0 aromatic heterocycles. The van der Waals surface area contributed by atoms with Gasteiger partial charge in [-0.3, -0.25) is 0 Å². The first-order valence-corrected chi connectivity index (χ1v) is 10.00. The number of ether oxygens (including phenoxy) is 1. The van der Waals surface area contributed by atoms with Crippen molar-refractivity contribution in [2.45, 2.75) is 84.7 Å². The summed E-state index contributed by atoms with van der Waals surface area (Å²) in [4.78, 5) is 0. The van der Waals surface area contributed by atoms with Crippen LogP contribution in [0.3, 0.4) is 0 Å². The van der Waals surface area contributed by atoms with E-state index in [1.807, 2.05) is 68.4 Å². The van der Waals surface area contributed by atoms with Crippen LogP contribution in [0, 0.1) is 18.3 Å². The van der Waals surface area contributed by atoms with Crippen molar-refractivity contribution in [1.29, 1.82) is 5.26 Å². The number of hydrogen-bond donors (Lipinski definition) is 0. The molecule has 0 N–H and O–H groups in total. The Bertz CT molecular complexity index is 841. The lowest BCUT2D eigenvalue weighted by Crippen LogP contribution is -2.46. The van der Waals surface area contributed by atoms with Crippen LogP contribution >= 0.6 is 0 Å². The van der Waals surface area contributed by atoms with Gasteiger partial charge >= 0.3 is 14.2 Å². The second-order valence-electron chi connectivity index (χ2n) is 9.87. The van der Waals surface area contributed by atoms with Crippen LogP contribution in [0.5, 0.6) is 5.75 Å². The molecule has 2 heterocycles. The van der Waals surface area contributed by atoms with Crippen LogP contribution in [0.15, 0.2) is 6.07 Å². The van der Waals surface area contributed by atoms with E-state index in [4.69, 9.17) is 23.4 Å². The van der Waals surface area contributed by atoms with Gasteiger partial charge in [0.1, 0.15) is 5.75 Å². The standard InChI is InChI=1S/C21H31B2NO5/c1-13-16(25-10)11-15(22-26-18(2,3)19(4,5)27-22)14(12-24)17(13)23-28-20(6,7)21(8,9)29-23/h11H,1-10H3. The molecule has 0 amide bonds. The molecule has 0 radical (unpaired) electrons. The summed E-state index contributed by atoms with van der Waals surface area (Å²) in [7, 11) is 0.229. The van der Waals surface area contributed by atoms with Crippen molar-refractivity contribution in [2.75, 3.05) is 7.11 Å². The van der Waals surface area contributed by atoms with Crippen molar-refractivity contribution in [2.24, 2.45) is 0 Å². The predicted octanol–water partition coefficient (Wildman–Crippen LogP) is 2.47. The smallest absolute Gasteiger partial charge is 0.496 e. The van der Waals surface area contributed by atoms with Gasteiger partial charge in [0.05, 0.1) is 41.1 Å². The van der Waals surface area contributed by atoms with Gasteiger partial charge in [0, 0.05) is 10.9 Å². The molecule has 0 spiro atoms. The number of nitrogens with zero attached hydrogens (tertiary/aromatic N) is 1. The number of nitriles is 1. The largest absolute Gasteiger partial charge is 0.497 e. The minimum atomic E-state index is -0.690. The molecule has 2 aliphatic heterocycles. The average molecular weight is 399 g/mol. The third-order valence-corrected chi connectivity index (χ3v) is 6.95. The topological polar surface area (TPSA) is 69.9 Å². The number of hydrogen-bond acceptors (Lipinski definition) is 6. The summed E-state index contributed by atoms with van der Waals surface area (Å²) < 4.78 is 30.6. The molecule has 0 saturated carbocycles. The normalized spacial score (nSPS) is 23.9. The Kier molecular flexibility index (Phi) is 5.16. The van der Waals surface area contributed by atoms with Crippen molar-refractivity contribution < 1.29 is 23.4 Å². The molecule has 2 saturated heterocycles. The minimum Gasteiger partial charge on any atom is -0.497 e. The second-order valence-corrected chi connectivity index (χ2v) is 9.87. The van der Waals surface area contributed by atoms with Gasteiger partial charge in [-0.05, 0) is 73.9 Å². The van der Waals surface area contributed by atoms with Gasteiger partial charge in [0.25, 0.3) is 0 Å². The molecular weight excluding hydrogens is 368 g/mol. The van der Waals surface area contributed by atoms with E-state index in [9.17, 15) is 5.26 Å². The lowest BCUT2D eigenvalue weighted by atomic mass is 9.66. The first kappa shape index (κ1) is 22.2. The maximum Gasteiger partial charge on any atom is 0.496 e. The van der Waals surface area contributed by atoms with Gasteiger partial charge in [-0.2, -0.15) is 5.26 Å². The Balaban J connectivity index is 2.17. The highest BCUT2D eigenvalue weighted by Crippen LogP contribution is 2.39. The van der Waals surface area contributed by atoms with Gasteiger partial charge in [0.2, 0.25) is 0 Å².